The number of likely N-dealkylation sites (N-methyl/N-ethyl adjacent to an activating group) is 1. The van der Waals surface area contributed by atoms with Gasteiger partial charge in [-0.2, -0.15) is 0 Å². The highest BCUT2D eigenvalue weighted by atomic mass is 16.5. The Labute approximate surface area is 159 Å². The van der Waals surface area contributed by atoms with Crippen molar-refractivity contribution >= 4 is 16.9 Å². The Balaban J connectivity index is 1.55. The second kappa shape index (κ2) is 7.92. The predicted octanol–water partition coefficient (Wildman–Crippen LogP) is 4.26. The zero-order valence-corrected chi connectivity index (χ0v) is 15.6. The number of para-hydroxylation sites is 2. The third kappa shape index (κ3) is 3.88. The fourth-order valence-electron chi connectivity index (χ4n) is 3.62. The molecule has 2 aromatic carbocycles. The van der Waals surface area contributed by atoms with E-state index < -0.39 is 0 Å². The van der Waals surface area contributed by atoms with E-state index in [4.69, 9.17) is 4.74 Å². The number of nitrogens with zero attached hydrogens (tertiary/aromatic N) is 2. The number of imidazole rings is 1. The summed E-state index contributed by atoms with van der Waals surface area (Å²) in [5.74, 6) is 0.828. The van der Waals surface area contributed by atoms with Crippen LogP contribution in [-0.2, 0) is 4.74 Å². The number of nitrogens with one attached hydrogen (secondary N) is 1. The first-order valence-electron chi connectivity index (χ1n) is 9.70. The fourth-order valence-corrected chi connectivity index (χ4v) is 3.62. The van der Waals surface area contributed by atoms with Crippen LogP contribution in [0.1, 0.15) is 36.5 Å². The molecule has 1 saturated heterocycles. The number of rotatable bonds is 5. The first kappa shape index (κ1) is 17.7. The molecule has 0 saturated carbocycles. The summed E-state index contributed by atoms with van der Waals surface area (Å²) in [4.78, 5) is 22.9. The standard InChI is InChI=1S/C22H25N3O2/c1-2-25(15-18-10-5-6-13-27-18)22(26)17-9-7-8-16(14-17)21-23-19-11-3-4-12-20(19)24-21/h3-4,7-9,11-12,14,18H,2,5-6,10,13,15H2,1H3,(H,23,24)/t18-/m1/s1. The summed E-state index contributed by atoms with van der Waals surface area (Å²) in [7, 11) is 0. The quantitative estimate of drug-likeness (QED) is 0.737. The summed E-state index contributed by atoms with van der Waals surface area (Å²) in [6.45, 7) is 4.15. The lowest BCUT2D eigenvalue weighted by atomic mass is 10.1. The van der Waals surface area contributed by atoms with E-state index in [1.807, 2.05) is 60.4 Å². The van der Waals surface area contributed by atoms with E-state index >= 15 is 0 Å². The van der Waals surface area contributed by atoms with Gasteiger partial charge in [-0.15, -0.1) is 0 Å². The number of hydrogen-bond acceptors (Lipinski definition) is 3. The van der Waals surface area contributed by atoms with Gasteiger partial charge >= 0.3 is 0 Å². The number of amides is 1. The molecule has 1 aliphatic rings. The average Bonchev–Trinajstić information content (AvgIpc) is 3.17. The number of carbonyl (C=O) groups is 1. The second-order valence-corrected chi connectivity index (χ2v) is 7.02. The van der Waals surface area contributed by atoms with Gasteiger partial charge in [0.2, 0.25) is 0 Å². The number of ether oxygens (including phenoxy) is 1. The molecule has 0 radical (unpaired) electrons. The Morgan fingerprint density at radius 1 is 1.22 bits per heavy atom. The smallest absolute Gasteiger partial charge is 0.253 e. The molecule has 0 bridgehead atoms. The van der Waals surface area contributed by atoms with Gasteiger partial charge in [0.1, 0.15) is 5.82 Å². The van der Waals surface area contributed by atoms with E-state index in [1.54, 1.807) is 0 Å². The van der Waals surface area contributed by atoms with Gasteiger partial charge in [-0.05, 0) is 50.5 Å². The van der Waals surface area contributed by atoms with Gasteiger partial charge in [-0.25, -0.2) is 4.98 Å². The van der Waals surface area contributed by atoms with Crippen LogP contribution in [0.25, 0.3) is 22.4 Å². The number of carbonyl (C=O) groups excluding carboxylic acids is 1. The summed E-state index contributed by atoms with van der Waals surface area (Å²) in [5, 5.41) is 0. The molecule has 1 atom stereocenters. The molecule has 1 aliphatic heterocycles. The maximum atomic E-state index is 13.0. The van der Waals surface area contributed by atoms with Crippen LogP contribution in [-0.4, -0.2) is 46.6 Å². The summed E-state index contributed by atoms with van der Waals surface area (Å²) in [6.07, 6.45) is 3.48. The van der Waals surface area contributed by atoms with Crippen molar-refractivity contribution in [3.63, 3.8) is 0 Å². The van der Waals surface area contributed by atoms with Gasteiger partial charge < -0.3 is 14.6 Å². The first-order chi connectivity index (χ1) is 13.2. The second-order valence-electron chi connectivity index (χ2n) is 7.02. The lowest BCUT2D eigenvalue weighted by molar-refractivity contribution is -0.00311. The molecule has 0 aliphatic carbocycles. The normalized spacial score (nSPS) is 17.1. The van der Waals surface area contributed by atoms with E-state index in [-0.39, 0.29) is 12.0 Å². The van der Waals surface area contributed by atoms with Gasteiger partial charge in [0.15, 0.2) is 0 Å². The molecule has 1 amide bonds. The Kier molecular flexibility index (Phi) is 5.21. The zero-order chi connectivity index (χ0) is 18.6. The number of fused-ring (bicyclic) bond motifs is 1. The van der Waals surface area contributed by atoms with Crippen LogP contribution in [0.15, 0.2) is 48.5 Å². The molecule has 27 heavy (non-hydrogen) atoms. The minimum absolute atomic E-state index is 0.0460. The number of aromatic amines is 1. The SMILES string of the molecule is CCN(C[C@H]1CCCCO1)C(=O)c1cccc(-c2nc3ccccc3[nH]2)c1. The first-order valence-corrected chi connectivity index (χ1v) is 9.70. The molecule has 140 valence electrons. The molecule has 3 aromatic rings. The largest absolute Gasteiger partial charge is 0.376 e. The highest BCUT2D eigenvalue weighted by Gasteiger charge is 2.21. The Morgan fingerprint density at radius 2 is 2.11 bits per heavy atom. The van der Waals surface area contributed by atoms with E-state index in [1.165, 1.54) is 6.42 Å². The van der Waals surface area contributed by atoms with Gasteiger partial charge in [0.25, 0.3) is 5.91 Å². The lowest BCUT2D eigenvalue weighted by Gasteiger charge is -2.29. The van der Waals surface area contributed by atoms with Crippen molar-refractivity contribution in [2.24, 2.45) is 0 Å². The van der Waals surface area contributed by atoms with E-state index in [0.29, 0.717) is 18.7 Å². The third-order valence-electron chi connectivity index (χ3n) is 5.14. The van der Waals surface area contributed by atoms with Crippen LogP contribution < -0.4 is 0 Å². The average molecular weight is 363 g/mol. The molecular weight excluding hydrogens is 338 g/mol. The third-order valence-corrected chi connectivity index (χ3v) is 5.14. The van der Waals surface area contributed by atoms with Crippen molar-refractivity contribution in [3.05, 3.63) is 54.1 Å². The summed E-state index contributed by atoms with van der Waals surface area (Å²) in [5.41, 5.74) is 3.52. The molecule has 2 heterocycles. The summed E-state index contributed by atoms with van der Waals surface area (Å²) in [6, 6.07) is 15.6. The minimum atomic E-state index is 0.0460. The molecule has 1 N–H and O–H groups in total. The number of aromatic nitrogens is 2. The van der Waals surface area contributed by atoms with E-state index in [0.717, 1.165) is 41.9 Å². The van der Waals surface area contributed by atoms with Crippen LogP contribution in [0, 0.1) is 0 Å². The zero-order valence-electron chi connectivity index (χ0n) is 15.6. The van der Waals surface area contributed by atoms with E-state index in [2.05, 4.69) is 9.97 Å². The molecule has 1 aromatic heterocycles. The molecule has 0 spiro atoms. The Hall–Kier alpha value is -2.66. The van der Waals surface area contributed by atoms with Gasteiger partial charge in [-0.3, -0.25) is 4.79 Å². The molecular formula is C22H25N3O2. The minimum Gasteiger partial charge on any atom is -0.376 e. The van der Waals surface area contributed by atoms with Crippen LogP contribution in [0.3, 0.4) is 0 Å². The van der Waals surface area contributed by atoms with Crippen LogP contribution in [0.5, 0.6) is 0 Å². The highest BCUT2D eigenvalue weighted by Crippen LogP contribution is 2.22. The van der Waals surface area contributed by atoms with E-state index in [9.17, 15) is 4.79 Å². The summed E-state index contributed by atoms with van der Waals surface area (Å²) < 4.78 is 5.81. The summed E-state index contributed by atoms with van der Waals surface area (Å²) >= 11 is 0. The topological polar surface area (TPSA) is 58.2 Å². The van der Waals surface area contributed by atoms with Crippen molar-refractivity contribution < 1.29 is 9.53 Å². The maximum Gasteiger partial charge on any atom is 0.253 e. The van der Waals surface area contributed by atoms with Gasteiger partial charge in [0.05, 0.1) is 17.1 Å². The van der Waals surface area contributed by atoms with Crippen molar-refractivity contribution in [1.29, 1.82) is 0 Å². The Morgan fingerprint density at radius 3 is 2.89 bits per heavy atom. The molecule has 5 heteroatoms. The van der Waals surface area contributed by atoms with Crippen molar-refractivity contribution in [2.45, 2.75) is 32.3 Å². The molecule has 1 fully saturated rings. The van der Waals surface area contributed by atoms with Gasteiger partial charge in [0, 0.05) is 30.8 Å². The number of benzene rings is 2. The molecule has 5 nitrogen and oxygen atoms in total. The fraction of sp³-hybridized carbons (Fsp3) is 0.364. The highest BCUT2D eigenvalue weighted by molar-refractivity contribution is 5.95. The van der Waals surface area contributed by atoms with Crippen LogP contribution >= 0.6 is 0 Å². The monoisotopic (exact) mass is 363 g/mol. The Bertz CT molecular complexity index is 895. The molecule has 0 unspecified atom stereocenters. The van der Waals surface area contributed by atoms with Crippen LogP contribution in [0.2, 0.25) is 0 Å². The van der Waals surface area contributed by atoms with Crippen LogP contribution in [0.4, 0.5) is 0 Å². The molecule has 4 rings (SSSR count). The van der Waals surface area contributed by atoms with Gasteiger partial charge in [-0.1, -0.05) is 24.3 Å². The lowest BCUT2D eigenvalue weighted by Crippen LogP contribution is -2.39. The van der Waals surface area contributed by atoms with Crippen molar-refractivity contribution in [1.82, 2.24) is 14.9 Å². The number of H-pyrrole nitrogens is 1. The number of hydrogen-bond donors (Lipinski definition) is 1. The van der Waals surface area contributed by atoms with Crippen molar-refractivity contribution in [3.8, 4) is 11.4 Å². The maximum absolute atomic E-state index is 13.0. The predicted molar refractivity (Wildman–Crippen MR) is 107 cm³/mol. The van der Waals surface area contributed by atoms with Crippen molar-refractivity contribution in [2.75, 3.05) is 19.7 Å².